The minimum atomic E-state index is -0.544. The lowest BCUT2D eigenvalue weighted by Crippen LogP contribution is -2.14. The van der Waals surface area contributed by atoms with E-state index in [0.717, 1.165) is 29.0 Å². The maximum atomic E-state index is 12.0. The van der Waals surface area contributed by atoms with E-state index in [1.807, 2.05) is 6.92 Å². The van der Waals surface area contributed by atoms with Crippen molar-refractivity contribution in [3.05, 3.63) is 56.5 Å². The van der Waals surface area contributed by atoms with E-state index in [0.29, 0.717) is 22.2 Å². The monoisotopic (exact) mass is 407 g/mol. The Hall–Kier alpha value is -1.82. The highest BCUT2D eigenvalue weighted by atomic mass is 35.5. The molecule has 0 atom stereocenters. The molecule has 1 aromatic carbocycles. The largest absolute Gasteiger partial charge is 0.364 e. The van der Waals surface area contributed by atoms with Crippen LogP contribution in [0.15, 0.2) is 30.3 Å². The molecule has 0 radical (unpaired) electrons. The molecular formula is C19H19Cl2N3OS. The summed E-state index contributed by atoms with van der Waals surface area (Å²) in [6, 6.07) is 9.40. The lowest BCUT2D eigenvalue weighted by molar-refractivity contribution is 0.0994. The number of primary amides is 1. The van der Waals surface area contributed by atoms with E-state index in [9.17, 15) is 4.79 Å². The van der Waals surface area contributed by atoms with Gasteiger partial charge in [0.2, 0.25) is 0 Å². The third-order valence-corrected chi connectivity index (χ3v) is 5.79. The number of nitrogens with two attached hydrogens (primary N) is 1. The van der Waals surface area contributed by atoms with Crippen LogP contribution in [0.4, 0.5) is 0 Å². The van der Waals surface area contributed by atoms with Crippen molar-refractivity contribution in [3.8, 4) is 16.3 Å². The quantitative estimate of drug-likeness (QED) is 0.584. The molecule has 4 nitrogen and oxygen atoms in total. The molecular weight excluding hydrogens is 389 g/mol. The fraction of sp³-hybridized carbons (Fsp3) is 0.263. The highest BCUT2D eigenvalue weighted by molar-refractivity contribution is 7.15. The van der Waals surface area contributed by atoms with E-state index in [-0.39, 0.29) is 5.69 Å². The average Bonchev–Trinajstić information content (AvgIpc) is 3.19. The van der Waals surface area contributed by atoms with Crippen LogP contribution in [0.5, 0.6) is 0 Å². The third-order valence-electron chi connectivity index (χ3n) is 4.10. The van der Waals surface area contributed by atoms with E-state index in [2.05, 4.69) is 24.2 Å². The van der Waals surface area contributed by atoms with Crippen LogP contribution in [0, 0.1) is 0 Å². The number of aromatic nitrogens is 2. The molecule has 2 aromatic heterocycles. The summed E-state index contributed by atoms with van der Waals surface area (Å²) in [5.41, 5.74) is 8.21. The maximum absolute atomic E-state index is 12.0. The molecule has 2 heterocycles. The average molecular weight is 408 g/mol. The van der Waals surface area contributed by atoms with Crippen LogP contribution in [0.3, 0.4) is 0 Å². The maximum Gasteiger partial charge on any atom is 0.269 e. The highest BCUT2D eigenvalue weighted by Crippen LogP contribution is 2.36. The first-order valence-electron chi connectivity index (χ1n) is 8.42. The Bertz CT molecular complexity index is 962. The number of aryl methyl sites for hydroxylation is 1. The number of hydrogen-bond donors (Lipinski definition) is 1. The van der Waals surface area contributed by atoms with Crippen molar-refractivity contribution in [1.82, 2.24) is 9.78 Å². The molecule has 3 aromatic rings. The first-order chi connectivity index (χ1) is 12.5. The summed E-state index contributed by atoms with van der Waals surface area (Å²) < 4.78 is 1.71. The summed E-state index contributed by atoms with van der Waals surface area (Å²) in [6.07, 6.45) is 2.74. The van der Waals surface area contributed by atoms with Gasteiger partial charge in [-0.1, -0.05) is 43.5 Å². The van der Waals surface area contributed by atoms with Crippen LogP contribution in [0.2, 0.25) is 10.0 Å². The molecule has 3 rings (SSSR count). The fourth-order valence-corrected chi connectivity index (χ4v) is 4.61. The van der Waals surface area contributed by atoms with Crippen molar-refractivity contribution in [2.24, 2.45) is 5.73 Å². The van der Waals surface area contributed by atoms with Crippen LogP contribution in [0.25, 0.3) is 16.3 Å². The molecule has 0 fully saturated rings. The van der Waals surface area contributed by atoms with E-state index in [4.69, 9.17) is 28.9 Å². The number of thiophene rings is 1. The van der Waals surface area contributed by atoms with E-state index >= 15 is 0 Å². The normalized spacial score (nSPS) is 11.1. The van der Waals surface area contributed by atoms with Gasteiger partial charge in [-0.15, -0.1) is 11.3 Å². The Labute approximate surface area is 166 Å². The number of benzene rings is 1. The standard InChI is InChI=1S/C19H19Cl2N3OS/c1-3-5-12-7-9-16(26-12)18-13(4-2)17(19(22)25)23-24(18)15-8-6-11(20)10-14(15)21/h6-10H,3-5H2,1-2H3,(H2,22,25). The number of carbonyl (C=O) groups is 1. The number of amides is 1. The lowest BCUT2D eigenvalue weighted by atomic mass is 10.1. The lowest BCUT2D eigenvalue weighted by Gasteiger charge is -2.10. The second kappa shape index (κ2) is 7.82. The van der Waals surface area contributed by atoms with E-state index in [1.54, 1.807) is 34.2 Å². The number of nitrogens with zero attached hydrogens (tertiary/aromatic N) is 2. The van der Waals surface area contributed by atoms with Crippen LogP contribution in [-0.2, 0) is 12.8 Å². The van der Waals surface area contributed by atoms with E-state index in [1.165, 1.54) is 4.88 Å². The predicted molar refractivity (Wildman–Crippen MR) is 109 cm³/mol. The van der Waals surface area contributed by atoms with E-state index < -0.39 is 5.91 Å². The van der Waals surface area contributed by atoms with Gasteiger partial charge in [0.1, 0.15) is 0 Å². The Kier molecular flexibility index (Phi) is 5.70. The molecule has 0 bridgehead atoms. The minimum absolute atomic E-state index is 0.277. The van der Waals surface area contributed by atoms with Crippen molar-refractivity contribution in [3.63, 3.8) is 0 Å². The summed E-state index contributed by atoms with van der Waals surface area (Å²) in [4.78, 5) is 14.3. The van der Waals surface area contributed by atoms with Crippen molar-refractivity contribution in [1.29, 1.82) is 0 Å². The van der Waals surface area contributed by atoms with Gasteiger partial charge in [0.05, 0.1) is 21.3 Å². The molecule has 0 saturated carbocycles. The van der Waals surface area contributed by atoms with Crippen LogP contribution in [0.1, 0.15) is 41.2 Å². The highest BCUT2D eigenvalue weighted by Gasteiger charge is 2.24. The smallest absolute Gasteiger partial charge is 0.269 e. The van der Waals surface area contributed by atoms with Crippen molar-refractivity contribution >= 4 is 40.4 Å². The van der Waals surface area contributed by atoms with Crippen LogP contribution in [-0.4, -0.2) is 15.7 Å². The Morgan fingerprint density at radius 1 is 1.23 bits per heavy atom. The zero-order valence-electron chi connectivity index (χ0n) is 14.6. The second-order valence-electron chi connectivity index (χ2n) is 5.92. The van der Waals surface area contributed by atoms with Crippen molar-refractivity contribution in [2.75, 3.05) is 0 Å². The molecule has 26 heavy (non-hydrogen) atoms. The van der Waals surface area contributed by atoms with Gasteiger partial charge in [0.15, 0.2) is 5.69 Å². The number of rotatable bonds is 6. The van der Waals surface area contributed by atoms with Gasteiger partial charge in [-0.3, -0.25) is 4.79 Å². The molecule has 0 aliphatic heterocycles. The Balaban J connectivity index is 2.27. The Morgan fingerprint density at radius 2 is 2.00 bits per heavy atom. The van der Waals surface area contributed by atoms with Gasteiger partial charge in [-0.2, -0.15) is 5.10 Å². The molecule has 136 valence electrons. The number of halogens is 2. The SMILES string of the molecule is CCCc1ccc(-c2c(CC)c(C(N)=O)nn2-c2ccc(Cl)cc2Cl)s1. The summed E-state index contributed by atoms with van der Waals surface area (Å²) in [5, 5.41) is 5.50. The van der Waals surface area contributed by atoms with Crippen molar-refractivity contribution < 1.29 is 4.79 Å². The molecule has 0 aliphatic rings. The fourth-order valence-electron chi connectivity index (χ4n) is 2.95. The van der Waals surface area contributed by atoms with Gasteiger partial charge in [0.25, 0.3) is 5.91 Å². The predicted octanol–water partition coefficient (Wildman–Crippen LogP) is 5.52. The second-order valence-corrected chi connectivity index (χ2v) is 7.93. The van der Waals surface area contributed by atoms with Gasteiger partial charge in [-0.25, -0.2) is 4.68 Å². The van der Waals surface area contributed by atoms with Gasteiger partial charge < -0.3 is 5.73 Å². The van der Waals surface area contributed by atoms with Crippen LogP contribution >= 0.6 is 34.5 Å². The number of hydrogen-bond acceptors (Lipinski definition) is 3. The molecule has 1 amide bonds. The zero-order valence-corrected chi connectivity index (χ0v) is 16.9. The van der Waals surface area contributed by atoms with Gasteiger partial charge in [0, 0.05) is 15.5 Å². The molecule has 0 aliphatic carbocycles. The van der Waals surface area contributed by atoms with Gasteiger partial charge >= 0.3 is 0 Å². The molecule has 7 heteroatoms. The summed E-state index contributed by atoms with van der Waals surface area (Å²) >= 11 is 14.1. The molecule has 0 spiro atoms. The third kappa shape index (κ3) is 3.52. The molecule has 0 unspecified atom stereocenters. The molecule has 2 N–H and O–H groups in total. The topological polar surface area (TPSA) is 60.9 Å². The zero-order chi connectivity index (χ0) is 18.8. The summed E-state index contributed by atoms with van der Waals surface area (Å²) in [6.45, 7) is 4.14. The minimum Gasteiger partial charge on any atom is -0.364 e. The van der Waals surface area contributed by atoms with Gasteiger partial charge in [-0.05, 0) is 43.2 Å². The van der Waals surface area contributed by atoms with Crippen molar-refractivity contribution in [2.45, 2.75) is 33.1 Å². The van der Waals surface area contributed by atoms with Crippen LogP contribution < -0.4 is 5.73 Å². The first kappa shape index (κ1) is 19.0. The Morgan fingerprint density at radius 3 is 2.62 bits per heavy atom. The first-order valence-corrected chi connectivity index (χ1v) is 9.99. The summed E-state index contributed by atoms with van der Waals surface area (Å²) in [7, 11) is 0. The summed E-state index contributed by atoms with van der Waals surface area (Å²) in [5.74, 6) is -0.544. The molecule has 0 saturated heterocycles. The number of carbonyl (C=O) groups excluding carboxylic acids is 1.